The molecule has 0 aromatic heterocycles. The molecular weight excluding hydrogens is 248 g/mol. The van der Waals surface area contributed by atoms with Crippen molar-refractivity contribution in [2.45, 2.75) is 25.9 Å². The highest BCUT2D eigenvalue weighted by Crippen LogP contribution is 2.21. The smallest absolute Gasteiger partial charge is 0.239 e. The molecule has 0 spiro atoms. The fourth-order valence-corrected chi connectivity index (χ4v) is 2.40. The molecule has 0 radical (unpaired) electrons. The Kier molecular flexibility index (Phi) is 4.53. The zero-order valence-corrected chi connectivity index (χ0v) is 11.8. The maximum Gasteiger partial charge on any atom is 0.239 e. The lowest BCUT2D eigenvalue weighted by Gasteiger charge is -2.22. The summed E-state index contributed by atoms with van der Waals surface area (Å²) in [5, 5.41) is 3.32. The second-order valence-electron chi connectivity index (χ2n) is 4.99. The molecule has 0 aliphatic carbocycles. The Hall–Kier alpha value is -2.13. The first-order valence-electron chi connectivity index (χ1n) is 6.75. The van der Waals surface area contributed by atoms with Gasteiger partial charge >= 0.3 is 0 Å². The monoisotopic (exact) mass is 268 g/mol. The number of benzene rings is 2. The number of nitrogens with one attached hydrogen (secondary N) is 1. The van der Waals surface area contributed by atoms with Crippen molar-refractivity contribution in [2.24, 2.45) is 5.73 Å². The van der Waals surface area contributed by atoms with E-state index in [2.05, 4.69) is 24.4 Å². The van der Waals surface area contributed by atoms with Crippen molar-refractivity contribution in [2.75, 3.05) is 0 Å². The van der Waals surface area contributed by atoms with Crippen molar-refractivity contribution in [3.05, 3.63) is 71.3 Å². The van der Waals surface area contributed by atoms with Crippen LogP contribution in [0.4, 0.5) is 0 Å². The summed E-state index contributed by atoms with van der Waals surface area (Å²) in [5.41, 5.74) is 8.79. The third kappa shape index (κ3) is 3.25. The van der Waals surface area contributed by atoms with E-state index in [9.17, 15) is 4.79 Å². The van der Waals surface area contributed by atoms with Gasteiger partial charge in [0.05, 0.1) is 0 Å². The zero-order valence-electron chi connectivity index (χ0n) is 11.8. The molecule has 3 heteroatoms. The molecule has 2 rings (SSSR count). The van der Waals surface area contributed by atoms with Gasteiger partial charge in [-0.15, -0.1) is 0 Å². The molecule has 0 saturated heterocycles. The molecule has 2 aromatic carbocycles. The van der Waals surface area contributed by atoms with E-state index in [0.29, 0.717) is 0 Å². The molecule has 2 atom stereocenters. The molecule has 0 heterocycles. The van der Waals surface area contributed by atoms with E-state index in [-0.39, 0.29) is 11.9 Å². The molecule has 2 aromatic rings. The first-order valence-corrected chi connectivity index (χ1v) is 6.75. The predicted molar refractivity (Wildman–Crippen MR) is 81.1 cm³/mol. The molecule has 104 valence electrons. The molecule has 0 fully saturated rings. The Morgan fingerprint density at radius 1 is 1.05 bits per heavy atom. The zero-order chi connectivity index (χ0) is 14.5. The van der Waals surface area contributed by atoms with E-state index in [4.69, 9.17) is 5.73 Å². The van der Waals surface area contributed by atoms with Gasteiger partial charge in [-0.05, 0) is 30.5 Å². The lowest BCUT2D eigenvalue weighted by molar-refractivity contribution is -0.120. The van der Waals surface area contributed by atoms with Gasteiger partial charge in [0.25, 0.3) is 0 Å². The molecule has 3 N–H and O–H groups in total. The number of carbonyl (C=O) groups is 1. The van der Waals surface area contributed by atoms with Crippen LogP contribution in [0.1, 0.15) is 35.7 Å². The molecule has 1 amide bonds. The highest BCUT2D eigenvalue weighted by molar-refractivity contribution is 5.81. The summed E-state index contributed by atoms with van der Waals surface area (Å²) in [6.07, 6.45) is 0. The number of aryl methyl sites for hydroxylation is 1. The first kappa shape index (κ1) is 14.3. The molecular formula is C17H20N2O. The fraction of sp³-hybridized carbons (Fsp3) is 0.235. The highest BCUT2D eigenvalue weighted by Gasteiger charge is 2.20. The second-order valence-corrected chi connectivity index (χ2v) is 4.99. The molecule has 3 nitrogen and oxygen atoms in total. The molecule has 0 unspecified atom stereocenters. The number of primary amides is 1. The molecule has 0 bridgehead atoms. The maximum absolute atomic E-state index is 11.7. The van der Waals surface area contributed by atoms with E-state index in [1.807, 2.05) is 49.4 Å². The van der Waals surface area contributed by atoms with Crippen LogP contribution in [0.15, 0.2) is 54.6 Å². The van der Waals surface area contributed by atoms with Crippen LogP contribution in [0.2, 0.25) is 0 Å². The van der Waals surface area contributed by atoms with Crippen molar-refractivity contribution in [1.29, 1.82) is 0 Å². The van der Waals surface area contributed by atoms with Gasteiger partial charge in [-0.2, -0.15) is 0 Å². The highest BCUT2D eigenvalue weighted by atomic mass is 16.1. The van der Waals surface area contributed by atoms with Crippen molar-refractivity contribution < 1.29 is 4.79 Å². The van der Waals surface area contributed by atoms with Gasteiger partial charge in [-0.25, -0.2) is 0 Å². The van der Waals surface area contributed by atoms with Gasteiger partial charge < -0.3 is 5.73 Å². The third-order valence-electron chi connectivity index (χ3n) is 3.49. The van der Waals surface area contributed by atoms with Crippen molar-refractivity contribution in [1.82, 2.24) is 5.32 Å². The minimum atomic E-state index is -0.481. The average Bonchev–Trinajstić information content (AvgIpc) is 2.45. The van der Waals surface area contributed by atoms with E-state index in [0.717, 1.165) is 5.56 Å². The fourth-order valence-electron chi connectivity index (χ4n) is 2.40. The minimum Gasteiger partial charge on any atom is -0.368 e. The summed E-state index contributed by atoms with van der Waals surface area (Å²) >= 11 is 0. The quantitative estimate of drug-likeness (QED) is 0.876. The molecule has 0 aliphatic heterocycles. The largest absolute Gasteiger partial charge is 0.368 e. The molecule has 0 aliphatic rings. The van der Waals surface area contributed by atoms with E-state index >= 15 is 0 Å². The van der Waals surface area contributed by atoms with Crippen LogP contribution in [0, 0.1) is 6.92 Å². The van der Waals surface area contributed by atoms with E-state index in [1.165, 1.54) is 11.1 Å². The topological polar surface area (TPSA) is 55.1 Å². The summed E-state index contributed by atoms with van der Waals surface area (Å²) in [6.45, 7) is 4.11. The lowest BCUT2D eigenvalue weighted by Crippen LogP contribution is -2.35. The maximum atomic E-state index is 11.7. The van der Waals surface area contributed by atoms with Crippen molar-refractivity contribution >= 4 is 5.91 Å². The SMILES string of the molecule is Cc1ccccc1[C@H](C)N[C@H](C(N)=O)c1ccccc1. The summed E-state index contributed by atoms with van der Waals surface area (Å²) in [5.74, 6) is -0.364. The van der Waals surface area contributed by atoms with Gasteiger partial charge in [0.1, 0.15) is 6.04 Å². The van der Waals surface area contributed by atoms with Crippen LogP contribution >= 0.6 is 0 Å². The van der Waals surface area contributed by atoms with Crippen LogP contribution in [0.3, 0.4) is 0 Å². The Labute approximate surface area is 119 Å². The van der Waals surface area contributed by atoms with Gasteiger partial charge in [-0.1, -0.05) is 54.6 Å². The van der Waals surface area contributed by atoms with Gasteiger partial charge in [0, 0.05) is 6.04 Å². The van der Waals surface area contributed by atoms with Crippen molar-refractivity contribution in [3.8, 4) is 0 Å². The third-order valence-corrected chi connectivity index (χ3v) is 3.49. The number of amides is 1. The summed E-state index contributed by atoms with van der Waals surface area (Å²) in [4.78, 5) is 11.7. The van der Waals surface area contributed by atoms with Crippen molar-refractivity contribution in [3.63, 3.8) is 0 Å². The summed E-state index contributed by atoms with van der Waals surface area (Å²) in [7, 11) is 0. The average molecular weight is 268 g/mol. The molecule has 20 heavy (non-hydrogen) atoms. The first-order chi connectivity index (χ1) is 9.59. The number of nitrogens with two attached hydrogens (primary N) is 1. The van der Waals surface area contributed by atoms with Crippen LogP contribution in [0.25, 0.3) is 0 Å². The minimum absolute atomic E-state index is 0.0499. The van der Waals surface area contributed by atoms with Crippen LogP contribution < -0.4 is 11.1 Å². The van der Waals surface area contributed by atoms with Gasteiger partial charge in [-0.3, -0.25) is 10.1 Å². The summed E-state index contributed by atoms with van der Waals surface area (Å²) in [6, 6.07) is 17.3. The second kappa shape index (κ2) is 6.35. The molecule has 0 saturated carbocycles. The number of hydrogen-bond donors (Lipinski definition) is 2. The number of rotatable bonds is 5. The lowest BCUT2D eigenvalue weighted by atomic mass is 9.99. The summed E-state index contributed by atoms with van der Waals surface area (Å²) < 4.78 is 0. The van der Waals surface area contributed by atoms with Crippen LogP contribution in [-0.4, -0.2) is 5.91 Å². The van der Waals surface area contributed by atoms with E-state index < -0.39 is 6.04 Å². The van der Waals surface area contributed by atoms with E-state index in [1.54, 1.807) is 0 Å². The Morgan fingerprint density at radius 3 is 2.25 bits per heavy atom. The predicted octanol–water partition coefficient (Wildman–Crippen LogP) is 2.87. The Balaban J connectivity index is 2.21. The Bertz CT molecular complexity index is 581. The number of hydrogen-bond acceptors (Lipinski definition) is 2. The standard InChI is InChI=1S/C17H20N2O/c1-12-8-6-7-11-15(12)13(2)19-16(17(18)20)14-9-4-3-5-10-14/h3-11,13,16,19H,1-2H3,(H2,18,20)/t13-,16-/m0/s1. The van der Waals surface area contributed by atoms with Gasteiger partial charge in [0.2, 0.25) is 5.91 Å². The number of carbonyl (C=O) groups excluding carboxylic acids is 1. The Morgan fingerprint density at radius 2 is 1.65 bits per heavy atom. The van der Waals surface area contributed by atoms with Crippen LogP contribution in [-0.2, 0) is 4.79 Å². The van der Waals surface area contributed by atoms with Crippen LogP contribution in [0.5, 0.6) is 0 Å². The normalized spacial score (nSPS) is 13.7. The van der Waals surface area contributed by atoms with Gasteiger partial charge in [0.15, 0.2) is 0 Å².